The molecule has 1 nitrogen and oxygen atoms in total. The Balaban J connectivity index is 2.85. The van der Waals surface area contributed by atoms with Gasteiger partial charge >= 0.3 is 0 Å². The highest BCUT2D eigenvalue weighted by molar-refractivity contribution is 6.30. The molecule has 1 rings (SSSR count). The minimum Gasteiger partial charge on any atom is -0.327 e. The number of nitrogens with two attached hydrogens (primary N) is 1. The second-order valence-corrected chi connectivity index (χ2v) is 5.35. The molecule has 0 aliphatic rings. The molecule has 3 heteroatoms. The first-order valence-electron chi connectivity index (χ1n) is 5.00. The summed E-state index contributed by atoms with van der Waals surface area (Å²) in [5.41, 5.74) is 6.55. The van der Waals surface area contributed by atoms with E-state index in [1.54, 1.807) is 12.1 Å². The van der Waals surface area contributed by atoms with Gasteiger partial charge in [-0.2, -0.15) is 0 Å². The molecule has 1 aromatic rings. The fourth-order valence-corrected chi connectivity index (χ4v) is 1.44. The van der Waals surface area contributed by atoms with Gasteiger partial charge in [-0.1, -0.05) is 32.4 Å². The Labute approximate surface area is 95.4 Å². The van der Waals surface area contributed by atoms with E-state index in [1.165, 1.54) is 6.07 Å². The molecule has 1 aromatic carbocycles. The van der Waals surface area contributed by atoms with Crippen LogP contribution in [0.25, 0.3) is 0 Å². The van der Waals surface area contributed by atoms with Crippen LogP contribution in [0.4, 0.5) is 4.39 Å². The molecule has 0 saturated heterocycles. The lowest BCUT2D eigenvalue weighted by molar-refractivity contribution is 0.316. The zero-order chi connectivity index (χ0) is 11.6. The smallest absolute Gasteiger partial charge is 0.126 e. The van der Waals surface area contributed by atoms with Crippen LogP contribution in [0, 0.1) is 11.2 Å². The lowest BCUT2D eigenvalue weighted by atomic mass is 9.84. The largest absolute Gasteiger partial charge is 0.327 e. The molecule has 0 aliphatic carbocycles. The van der Waals surface area contributed by atoms with Crippen LogP contribution in [0.3, 0.4) is 0 Å². The van der Waals surface area contributed by atoms with Gasteiger partial charge in [-0.3, -0.25) is 0 Å². The summed E-state index contributed by atoms with van der Waals surface area (Å²) in [6.45, 7) is 6.13. The van der Waals surface area contributed by atoms with Crippen LogP contribution in [-0.4, -0.2) is 6.04 Å². The zero-order valence-corrected chi connectivity index (χ0v) is 10.1. The van der Waals surface area contributed by atoms with E-state index in [4.69, 9.17) is 17.3 Å². The van der Waals surface area contributed by atoms with Crippen molar-refractivity contribution in [1.29, 1.82) is 0 Å². The Hall–Kier alpha value is -0.600. The summed E-state index contributed by atoms with van der Waals surface area (Å²) in [7, 11) is 0. The monoisotopic (exact) mass is 229 g/mol. The summed E-state index contributed by atoms with van der Waals surface area (Å²) >= 11 is 5.81. The van der Waals surface area contributed by atoms with Gasteiger partial charge in [0.1, 0.15) is 5.82 Å². The summed E-state index contributed by atoms with van der Waals surface area (Å²) in [6.07, 6.45) is 0.510. The molecule has 0 spiro atoms. The highest BCUT2D eigenvalue weighted by atomic mass is 35.5. The van der Waals surface area contributed by atoms with Crippen molar-refractivity contribution in [2.75, 3.05) is 0 Å². The molecular weight excluding hydrogens is 213 g/mol. The zero-order valence-electron chi connectivity index (χ0n) is 9.35. The van der Waals surface area contributed by atoms with Crippen molar-refractivity contribution in [2.45, 2.75) is 33.2 Å². The number of rotatable bonds is 2. The van der Waals surface area contributed by atoms with Gasteiger partial charge in [0.15, 0.2) is 0 Å². The maximum absolute atomic E-state index is 13.4. The van der Waals surface area contributed by atoms with Gasteiger partial charge < -0.3 is 5.73 Å². The molecule has 0 amide bonds. The number of benzene rings is 1. The SMILES string of the molecule is CC(C)(C)C(N)Cc1cc(Cl)ccc1F. The van der Waals surface area contributed by atoms with Gasteiger partial charge in [0.2, 0.25) is 0 Å². The van der Waals surface area contributed by atoms with Crippen molar-refractivity contribution in [3.05, 3.63) is 34.6 Å². The normalized spacial score (nSPS) is 14.0. The minimum absolute atomic E-state index is 0.0330. The average molecular weight is 230 g/mol. The summed E-state index contributed by atoms with van der Waals surface area (Å²) < 4.78 is 13.4. The Morgan fingerprint density at radius 3 is 2.53 bits per heavy atom. The van der Waals surface area contributed by atoms with Gasteiger partial charge in [0.05, 0.1) is 0 Å². The Morgan fingerprint density at radius 1 is 1.40 bits per heavy atom. The number of hydrogen-bond donors (Lipinski definition) is 1. The molecule has 1 unspecified atom stereocenters. The third-order valence-electron chi connectivity index (χ3n) is 2.56. The van der Waals surface area contributed by atoms with Crippen LogP contribution < -0.4 is 5.73 Å². The molecule has 0 heterocycles. The van der Waals surface area contributed by atoms with E-state index in [2.05, 4.69) is 0 Å². The lowest BCUT2D eigenvalue weighted by Gasteiger charge is -2.27. The molecule has 0 fully saturated rings. The maximum Gasteiger partial charge on any atom is 0.126 e. The Bertz CT molecular complexity index is 344. The first kappa shape index (κ1) is 12.5. The fourth-order valence-electron chi connectivity index (χ4n) is 1.24. The minimum atomic E-state index is -0.237. The Kier molecular flexibility index (Phi) is 3.74. The van der Waals surface area contributed by atoms with Crippen LogP contribution >= 0.6 is 11.6 Å². The van der Waals surface area contributed by atoms with Crippen molar-refractivity contribution < 1.29 is 4.39 Å². The molecular formula is C12H17ClFN. The van der Waals surface area contributed by atoms with Crippen molar-refractivity contribution in [3.63, 3.8) is 0 Å². The summed E-state index contributed by atoms with van der Waals surface area (Å²) in [4.78, 5) is 0. The van der Waals surface area contributed by atoms with Gasteiger partial charge in [0.25, 0.3) is 0 Å². The van der Waals surface area contributed by atoms with E-state index in [0.717, 1.165) is 0 Å². The highest BCUT2D eigenvalue weighted by Crippen LogP contribution is 2.23. The van der Waals surface area contributed by atoms with Crippen LogP contribution in [0.15, 0.2) is 18.2 Å². The second-order valence-electron chi connectivity index (χ2n) is 4.91. The predicted molar refractivity (Wildman–Crippen MR) is 62.5 cm³/mol. The van der Waals surface area contributed by atoms with E-state index in [0.29, 0.717) is 17.0 Å². The van der Waals surface area contributed by atoms with Crippen LogP contribution in [0.2, 0.25) is 5.02 Å². The molecule has 1 atom stereocenters. The third kappa shape index (κ3) is 3.47. The van der Waals surface area contributed by atoms with Gasteiger partial charge in [-0.15, -0.1) is 0 Å². The standard InChI is InChI=1S/C12H17ClFN/c1-12(2,3)11(15)7-8-6-9(13)4-5-10(8)14/h4-6,11H,7,15H2,1-3H3. The first-order valence-corrected chi connectivity index (χ1v) is 5.38. The fraction of sp³-hybridized carbons (Fsp3) is 0.500. The van der Waals surface area contributed by atoms with Crippen LogP contribution in [0.1, 0.15) is 26.3 Å². The van der Waals surface area contributed by atoms with E-state index in [9.17, 15) is 4.39 Å². The topological polar surface area (TPSA) is 26.0 Å². The van der Waals surface area contributed by atoms with Crippen molar-refractivity contribution in [1.82, 2.24) is 0 Å². The third-order valence-corrected chi connectivity index (χ3v) is 2.80. The average Bonchev–Trinajstić information content (AvgIpc) is 2.09. The quantitative estimate of drug-likeness (QED) is 0.827. The number of halogens is 2. The van der Waals surface area contributed by atoms with Crippen molar-refractivity contribution >= 4 is 11.6 Å². The first-order chi connectivity index (χ1) is 6.80. The molecule has 0 aromatic heterocycles. The molecule has 0 radical (unpaired) electrons. The van der Waals surface area contributed by atoms with Crippen LogP contribution in [-0.2, 0) is 6.42 Å². The summed E-state index contributed by atoms with van der Waals surface area (Å²) in [6, 6.07) is 4.49. The molecule has 84 valence electrons. The van der Waals surface area contributed by atoms with Crippen molar-refractivity contribution in [3.8, 4) is 0 Å². The maximum atomic E-state index is 13.4. The van der Waals surface area contributed by atoms with E-state index in [1.807, 2.05) is 20.8 Å². The van der Waals surface area contributed by atoms with Gasteiger partial charge in [-0.05, 0) is 35.6 Å². The van der Waals surface area contributed by atoms with Crippen molar-refractivity contribution in [2.24, 2.45) is 11.1 Å². The summed E-state index contributed by atoms with van der Waals surface area (Å²) in [5, 5.41) is 0.549. The van der Waals surface area contributed by atoms with Gasteiger partial charge in [-0.25, -0.2) is 4.39 Å². The second kappa shape index (κ2) is 4.50. The Morgan fingerprint density at radius 2 is 2.00 bits per heavy atom. The summed E-state index contributed by atoms with van der Waals surface area (Å²) in [5.74, 6) is -0.237. The molecule has 2 N–H and O–H groups in total. The van der Waals surface area contributed by atoms with Gasteiger partial charge in [0, 0.05) is 11.1 Å². The molecule has 15 heavy (non-hydrogen) atoms. The highest BCUT2D eigenvalue weighted by Gasteiger charge is 2.21. The van der Waals surface area contributed by atoms with Crippen LogP contribution in [0.5, 0.6) is 0 Å². The van der Waals surface area contributed by atoms with E-state index >= 15 is 0 Å². The lowest BCUT2D eigenvalue weighted by Crippen LogP contribution is -2.37. The number of hydrogen-bond acceptors (Lipinski definition) is 1. The molecule has 0 aliphatic heterocycles. The molecule has 0 saturated carbocycles. The van der Waals surface area contributed by atoms with E-state index in [-0.39, 0.29) is 17.3 Å². The predicted octanol–water partition coefficient (Wildman–Crippen LogP) is 3.40. The molecule has 0 bridgehead atoms. The van der Waals surface area contributed by atoms with E-state index < -0.39 is 0 Å².